The zero-order valence-electron chi connectivity index (χ0n) is 12.5. The Bertz CT molecular complexity index is 751. The Morgan fingerprint density at radius 2 is 1.50 bits per heavy atom. The first kappa shape index (κ1) is 15.7. The van der Waals surface area contributed by atoms with Crippen molar-refractivity contribution in [2.45, 2.75) is 13.0 Å². The molecule has 0 fully saturated rings. The van der Waals surface area contributed by atoms with Gasteiger partial charge in [-0.05, 0) is 29.3 Å². The SMILES string of the molecule is C[C@H]([NH3+])c1ccccc1.O=C([O-])c1ccc2ccccc2c1. The van der Waals surface area contributed by atoms with Crippen molar-refractivity contribution in [3.8, 4) is 0 Å². The summed E-state index contributed by atoms with van der Waals surface area (Å²) >= 11 is 0. The summed E-state index contributed by atoms with van der Waals surface area (Å²) in [6.45, 7) is 2.09. The fraction of sp³-hybridized carbons (Fsp3) is 0.105. The molecule has 0 aromatic heterocycles. The Morgan fingerprint density at radius 3 is 2.05 bits per heavy atom. The third-order valence-corrected chi connectivity index (χ3v) is 3.35. The van der Waals surface area contributed by atoms with Crippen LogP contribution in [0.3, 0.4) is 0 Å². The molecule has 0 saturated heterocycles. The molecule has 0 saturated carbocycles. The van der Waals surface area contributed by atoms with Crippen LogP contribution in [0.4, 0.5) is 0 Å². The number of aromatic carboxylic acids is 1. The normalized spacial score (nSPS) is 11.4. The zero-order valence-corrected chi connectivity index (χ0v) is 12.5. The van der Waals surface area contributed by atoms with E-state index in [1.165, 1.54) is 5.56 Å². The van der Waals surface area contributed by atoms with Gasteiger partial charge in [-0.2, -0.15) is 0 Å². The number of quaternary nitrogens is 1. The molecule has 112 valence electrons. The molecule has 0 heterocycles. The maximum atomic E-state index is 10.5. The Hall–Kier alpha value is -2.65. The smallest absolute Gasteiger partial charge is 0.107 e. The van der Waals surface area contributed by atoms with Crippen LogP contribution in [0.25, 0.3) is 10.8 Å². The van der Waals surface area contributed by atoms with Crippen LogP contribution < -0.4 is 10.8 Å². The standard InChI is InChI=1S/C11H8O2.C8H11N/c12-11(13)10-6-5-8-3-1-2-4-9(8)7-10;1-7(9)8-5-3-2-4-6-8/h1-7H,(H,12,13);2-7H,9H2,1H3/t;7-/m.0/s1. The molecule has 3 rings (SSSR count). The molecule has 0 aliphatic rings. The highest BCUT2D eigenvalue weighted by Crippen LogP contribution is 2.14. The number of carbonyl (C=O) groups is 1. The second-order valence-electron chi connectivity index (χ2n) is 5.16. The summed E-state index contributed by atoms with van der Waals surface area (Å²) in [5.41, 5.74) is 5.43. The summed E-state index contributed by atoms with van der Waals surface area (Å²) in [5.74, 6) is -1.13. The van der Waals surface area contributed by atoms with Gasteiger partial charge in [-0.15, -0.1) is 0 Å². The Labute approximate surface area is 130 Å². The fourth-order valence-corrected chi connectivity index (χ4v) is 2.10. The quantitative estimate of drug-likeness (QED) is 0.787. The average Bonchev–Trinajstić information content (AvgIpc) is 2.55. The maximum absolute atomic E-state index is 10.5. The minimum atomic E-state index is -1.13. The molecular weight excluding hydrogens is 274 g/mol. The number of benzene rings is 3. The number of carboxylic acid groups (broad SMARTS) is 1. The second-order valence-corrected chi connectivity index (χ2v) is 5.16. The molecule has 3 heteroatoms. The molecule has 22 heavy (non-hydrogen) atoms. The van der Waals surface area contributed by atoms with Gasteiger partial charge in [-0.3, -0.25) is 0 Å². The number of hydrogen-bond donors (Lipinski definition) is 1. The number of carbonyl (C=O) groups excluding carboxylic acids is 1. The summed E-state index contributed by atoms with van der Waals surface area (Å²) in [6, 6.07) is 23.3. The van der Waals surface area contributed by atoms with Gasteiger partial charge in [0.2, 0.25) is 0 Å². The van der Waals surface area contributed by atoms with Gasteiger partial charge in [0.25, 0.3) is 0 Å². The molecule has 3 nitrogen and oxygen atoms in total. The second kappa shape index (κ2) is 7.38. The van der Waals surface area contributed by atoms with Crippen molar-refractivity contribution >= 4 is 16.7 Å². The van der Waals surface area contributed by atoms with Crippen molar-refractivity contribution in [3.63, 3.8) is 0 Å². The van der Waals surface area contributed by atoms with Crippen LogP contribution in [0, 0.1) is 0 Å². The van der Waals surface area contributed by atoms with E-state index in [0.29, 0.717) is 6.04 Å². The van der Waals surface area contributed by atoms with Crippen LogP contribution in [-0.2, 0) is 0 Å². The number of fused-ring (bicyclic) bond motifs is 1. The average molecular weight is 293 g/mol. The van der Waals surface area contributed by atoms with Gasteiger partial charge in [0.15, 0.2) is 0 Å². The lowest BCUT2D eigenvalue weighted by Crippen LogP contribution is -2.51. The minimum absolute atomic E-state index is 0.221. The molecule has 0 aliphatic carbocycles. The van der Waals surface area contributed by atoms with Crippen molar-refractivity contribution in [2.75, 3.05) is 0 Å². The highest BCUT2D eigenvalue weighted by Gasteiger charge is 1.97. The van der Waals surface area contributed by atoms with E-state index < -0.39 is 5.97 Å². The fourth-order valence-electron chi connectivity index (χ4n) is 2.10. The predicted octanol–water partition coefficient (Wildman–Crippen LogP) is 2.19. The first-order valence-corrected chi connectivity index (χ1v) is 7.16. The van der Waals surface area contributed by atoms with Gasteiger partial charge in [-0.25, -0.2) is 0 Å². The summed E-state index contributed by atoms with van der Waals surface area (Å²) in [6.07, 6.45) is 0. The maximum Gasteiger partial charge on any atom is 0.107 e. The van der Waals surface area contributed by atoms with E-state index >= 15 is 0 Å². The van der Waals surface area contributed by atoms with Crippen LogP contribution >= 0.6 is 0 Å². The van der Waals surface area contributed by atoms with E-state index in [-0.39, 0.29) is 5.56 Å². The molecule has 0 aliphatic heterocycles. The van der Waals surface area contributed by atoms with E-state index in [1.807, 2.05) is 42.5 Å². The van der Waals surface area contributed by atoms with Crippen molar-refractivity contribution in [1.82, 2.24) is 0 Å². The largest absolute Gasteiger partial charge is 0.545 e. The molecule has 0 amide bonds. The highest BCUT2D eigenvalue weighted by atomic mass is 16.4. The van der Waals surface area contributed by atoms with Crippen LogP contribution in [0.2, 0.25) is 0 Å². The van der Waals surface area contributed by atoms with Crippen LogP contribution in [0.15, 0.2) is 72.8 Å². The van der Waals surface area contributed by atoms with E-state index in [9.17, 15) is 9.90 Å². The zero-order chi connectivity index (χ0) is 15.9. The van der Waals surface area contributed by atoms with Crippen LogP contribution in [0.1, 0.15) is 28.9 Å². The monoisotopic (exact) mass is 293 g/mol. The molecule has 0 radical (unpaired) electrons. The van der Waals surface area contributed by atoms with Gasteiger partial charge in [0, 0.05) is 5.56 Å². The lowest BCUT2D eigenvalue weighted by Gasteiger charge is -2.03. The summed E-state index contributed by atoms with van der Waals surface area (Å²) in [4.78, 5) is 10.5. The molecule has 3 N–H and O–H groups in total. The van der Waals surface area contributed by atoms with Crippen molar-refractivity contribution in [3.05, 3.63) is 83.9 Å². The first-order valence-electron chi connectivity index (χ1n) is 7.16. The molecule has 0 bridgehead atoms. The lowest BCUT2D eigenvalue weighted by atomic mass is 10.1. The van der Waals surface area contributed by atoms with Gasteiger partial charge in [0.05, 0.1) is 5.97 Å². The van der Waals surface area contributed by atoms with Crippen molar-refractivity contribution in [1.29, 1.82) is 0 Å². The van der Waals surface area contributed by atoms with E-state index in [4.69, 9.17) is 0 Å². The van der Waals surface area contributed by atoms with Gasteiger partial charge >= 0.3 is 0 Å². The third-order valence-electron chi connectivity index (χ3n) is 3.35. The van der Waals surface area contributed by atoms with Gasteiger partial charge in [0.1, 0.15) is 6.04 Å². The van der Waals surface area contributed by atoms with Crippen molar-refractivity contribution in [2.24, 2.45) is 0 Å². The molecule has 0 unspecified atom stereocenters. The minimum Gasteiger partial charge on any atom is -0.545 e. The summed E-state index contributed by atoms with van der Waals surface area (Å²) in [7, 11) is 0. The Morgan fingerprint density at radius 1 is 0.909 bits per heavy atom. The van der Waals surface area contributed by atoms with Crippen LogP contribution in [0.5, 0.6) is 0 Å². The Balaban J connectivity index is 0.000000172. The van der Waals surface area contributed by atoms with E-state index in [1.54, 1.807) is 18.2 Å². The number of hydrogen-bond acceptors (Lipinski definition) is 2. The third kappa shape index (κ3) is 4.17. The number of rotatable bonds is 2. The van der Waals surface area contributed by atoms with Crippen LogP contribution in [-0.4, -0.2) is 5.97 Å². The molecule has 0 spiro atoms. The summed E-state index contributed by atoms with van der Waals surface area (Å²) in [5, 5.41) is 12.5. The highest BCUT2D eigenvalue weighted by molar-refractivity contribution is 5.93. The Kier molecular flexibility index (Phi) is 5.28. The topological polar surface area (TPSA) is 67.8 Å². The van der Waals surface area contributed by atoms with Crippen molar-refractivity contribution < 1.29 is 15.6 Å². The summed E-state index contributed by atoms with van der Waals surface area (Å²) < 4.78 is 0. The molecular formula is C19H19NO2. The number of carboxylic acids is 1. The molecule has 1 atom stereocenters. The van der Waals surface area contributed by atoms with E-state index in [2.05, 4.69) is 24.8 Å². The van der Waals surface area contributed by atoms with Gasteiger partial charge < -0.3 is 15.6 Å². The van der Waals surface area contributed by atoms with Gasteiger partial charge in [-0.1, -0.05) is 66.7 Å². The predicted molar refractivity (Wildman–Crippen MR) is 86.0 cm³/mol. The molecule has 3 aromatic rings. The first-order chi connectivity index (χ1) is 10.6. The van der Waals surface area contributed by atoms with E-state index in [0.717, 1.165) is 10.8 Å². The molecule has 3 aromatic carbocycles. The lowest BCUT2D eigenvalue weighted by molar-refractivity contribution is -0.420.